The van der Waals surface area contributed by atoms with Crippen LogP contribution >= 0.6 is 0 Å². The van der Waals surface area contributed by atoms with E-state index in [1.807, 2.05) is 19.1 Å². The van der Waals surface area contributed by atoms with E-state index in [1.165, 1.54) is 18.3 Å². The van der Waals surface area contributed by atoms with Crippen LogP contribution in [0, 0.1) is 6.92 Å². The molecule has 1 aromatic carbocycles. The number of anilines is 1. The van der Waals surface area contributed by atoms with E-state index in [-0.39, 0.29) is 18.1 Å². The molecule has 6 heteroatoms. The lowest BCUT2D eigenvalue weighted by atomic mass is 10.2. The summed E-state index contributed by atoms with van der Waals surface area (Å²) in [5.41, 5.74) is 2.41. The highest BCUT2D eigenvalue weighted by molar-refractivity contribution is 5.89. The number of hydrogen-bond donors (Lipinski definition) is 3. The minimum Gasteiger partial charge on any atom is -0.478 e. The molecule has 0 aliphatic heterocycles. The average molecular weight is 285 g/mol. The molecular formula is C15H15N3O3. The van der Waals surface area contributed by atoms with Gasteiger partial charge in [0.1, 0.15) is 0 Å². The Morgan fingerprint density at radius 2 is 1.90 bits per heavy atom. The molecule has 1 heterocycles. The fourth-order valence-corrected chi connectivity index (χ4v) is 1.69. The molecule has 21 heavy (non-hydrogen) atoms. The number of carboxylic acid groups (broad SMARTS) is 1. The number of aromatic nitrogens is 1. The maximum absolute atomic E-state index is 11.7. The van der Waals surface area contributed by atoms with Gasteiger partial charge in [0, 0.05) is 11.9 Å². The number of nitrogens with zero attached hydrogens (tertiary/aromatic N) is 1. The van der Waals surface area contributed by atoms with Crippen molar-refractivity contribution in [3.05, 3.63) is 59.4 Å². The van der Waals surface area contributed by atoms with Crippen LogP contribution in [0.15, 0.2) is 42.6 Å². The summed E-state index contributed by atoms with van der Waals surface area (Å²) < 4.78 is 0. The van der Waals surface area contributed by atoms with Gasteiger partial charge >= 0.3 is 12.0 Å². The number of carbonyl (C=O) groups excluding carboxylic acids is 1. The second-order valence-electron chi connectivity index (χ2n) is 4.51. The number of aromatic carboxylic acids is 1. The van der Waals surface area contributed by atoms with Crippen LogP contribution in [0.5, 0.6) is 0 Å². The molecule has 0 aliphatic rings. The van der Waals surface area contributed by atoms with Crippen LogP contribution in [0.1, 0.15) is 21.6 Å². The highest BCUT2D eigenvalue weighted by atomic mass is 16.4. The fourth-order valence-electron chi connectivity index (χ4n) is 1.69. The first-order valence-electron chi connectivity index (χ1n) is 6.34. The lowest BCUT2D eigenvalue weighted by Crippen LogP contribution is -2.28. The molecule has 0 unspecified atom stereocenters. The topological polar surface area (TPSA) is 91.3 Å². The number of aryl methyl sites for hydroxylation is 1. The highest BCUT2D eigenvalue weighted by Crippen LogP contribution is 2.08. The molecule has 0 radical (unpaired) electrons. The van der Waals surface area contributed by atoms with Crippen molar-refractivity contribution < 1.29 is 14.7 Å². The smallest absolute Gasteiger partial charge is 0.335 e. The molecule has 1 aromatic heterocycles. The third-order valence-corrected chi connectivity index (χ3v) is 2.80. The summed E-state index contributed by atoms with van der Waals surface area (Å²) >= 11 is 0. The Hall–Kier alpha value is -2.89. The normalized spacial score (nSPS) is 9.95. The van der Waals surface area contributed by atoms with E-state index in [2.05, 4.69) is 15.6 Å². The van der Waals surface area contributed by atoms with Gasteiger partial charge in [0.25, 0.3) is 0 Å². The molecule has 0 aliphatic carbocycles. The molecule has 0 atom stereocenters. The molecule has 108 valence electrons. The van der Waals surface area contributed by atoms with E-state index < -0.39 is 5.97 Å². The van der Waals surface area contributed by atoms with E-state index in [1.54, 1.807) is 12.1 Å². The van der Waals surface area contributed by atoms with Crippen LogP contribution in [-0.2, 0) is 6.54 Å². The van der Waals surface area contributed by atoms with Crippen molar-refractivity contribution in [2.24, 2.45) is 0 Å². The Balaban J connectivity index is 1.90. The van der Waals surface area contributed by atoms with Crippen molar-refractivity contribution in [2.75, 3.05) is 5.32 Å². The van der Waals surface area contributed by atoms with Gasteiger partial charge < -0.3 is 15.7 Å². The summed E-state index contributed by atoms with van der Waals surface area (Å²) in [6.07, 6.45) is 1.40. The van der Waals surface area contributed by atoms with E-state index in [0.717, 1.165) is 5.56 Å². The maximum atomic E-state index is 11.7. The van der Waals surface area contributed by atoms with Crippen LogP contribution in [-0.4, -0.2) is 22.1 Å². The molecule has 2 aromatic rings. The highest BCUT2D eigenvalue weighted by Gasteiger charge is 2.06. The number of carboxylic acids is 1. The van der Waals surface area contributed by atoms with Crippen LogP contribution in [0.4, 0.5) is 10.5 Å². The molecule has 0 bridgehead atoms. The fraction of sp³-hybridized carbons (Fsp3) is 0.133. The summed E-state index contributed by atoms with van der Waals surface area (Å²) in [6, 6.07) is 9.85. The zero-order valence-corrected chi connectivity index (χ0v) is 11.5. The molecule has 2 amide bonds. The summed E-state index contributed by atoms with van der Waals surface area (Å²) in [5.74, 6) is -1.03. The first-order chi connectivity index (χ1) is 10.0. The van der Waals surface area contributed by atoms with Gasteiger partial charge in [0.2, 0.25) is 0 Å². The molecule has 3 N–H and O–H groups in total. The molecule has 6 nitrogen and oxygen atoms in total. The van der Waals surface area contributed by atoms with Gasteiger partial charge in [0.15, 0.2) is 0 Å². The average Bonchev–Trinajstić information content (AvgIpc) is 2.48. The number of pyridine rings is 1. The van der Waals surface area contributed by atoms with Gasteiger partial charge in [-0.15, -0.1) is 0 Å². The number of nitrogens with one attached hydrogen (secondary N) is 2. The van der Waals surface area contributed by atoms with Crippen molar-refractivity contribution in [1.82, 2.24) is 10.3 Å². The van der Waals surface area contributed by atoms with Crippen molar-refractivity contribution >= 4 is 17.7 Å². The molecule has 0 spiro atoms. The molecule has 0 saturated carbocycles. The third kappa shape index (κ3) is 4.31. The first kappa shape index (κ1) is 14.5. The van der Waals surface area contributed by atoms with Gasteiger partial charge in [-0.25, -0.2) is 9.59 Å². The number of hydrogen-bond acceptors (Lipinski definition) is 3. The Bertz CT molecular complexity index is 653. The van der Waals surface area contributed by atoms with E-state index >= 15 is 0 Å². The van der Waals surface area contributed by atoms with Gasteiger partial charge in [-0.05, 0) is 31.2 Å². The number of urea groups is 1. The summed E-state index contributed by atoms with van der Waals surface area (Å²) in [5, 5.41) is 14.2. The van der Waals surface area contributed by atoms with E-state index in [9.17, 15) is 9.59 Å². The van der Waals surface area contributed by atoms with Gasteiger partial charge in [-0.2, -0.15) is 0 Å². The quantitative estimate of drug-likeness (QED) is 0.804. The first-order valence-corrected chi connectivity index (χ1v) is 6.34. The van der Waals surface area contributed by atoms with Crippen molar-refractivity contribution in [3.8, 4) is 0 Å². The van der Waals surface area contributed by atoms with E-state index in [0.29, 0.717) is 11.4 Å². The van der Waals surface area contributed by atoms with Crippen LogP contribution in [0.25, 0.3) is 0 Å². The Morgan fingerprint density at radius 1 is 1.19 bits per heavy atom. The predicted molar refractivity (Wildman–Crippen MR) is 78.2 cm³/mol. The summed E-state index contributed by atoms with van der Waals surface area (Å²) in [7, 11) is 0. The molecule has 0 fully saturated rings. The predicted octanol–water partition coefficient (Wildman–Crippen LogP) is 2.41. The Labute approximate surface area is 121 Å². The lowest BCUT2D eigenvalue weighted by Gasteiger charge is -2.08. The van der Waals surface area contributed by atoms with E-state index in [4.69, 9.17) is 5.11 Å². The third-order valence-electron chi connectivity index (χ3n) is 2.80. The van der Waals surface area contributed by atoms with Crippen LogP contribution < -0.4 is 10.6 Å². The minimum atomic E-state index is -1.03. The monoisotopic (exact) mass is 285 g/mol. The van der Waals surface area contributed by atoms with Crippen molar-refractivity contribution in [3.63, 3.8) is 0 Å². The lowest BCUT2D eigenvalue weighted by molar-refractivity contribution is 0.0696. The number of carbonyl (C=O) groups is 2. The van der Waals surface area contributed by atoms with Gasteiger partial charge in [-0.3, -0.25) is 4.98 Å². The molecule has 0 saturated heterocycles. The standard InChI is InChI=1S/C15H15N3O3/c1-10-2-4-12(5-3-10)18-15(21)17-9-13-8-11(14(19)20)6-7-16-13/h2-8H,9H2,1H3,(H,19,20)(H2,17,18,21). The zero-order chi connectivity index (χ0) is 15.2. The number of amides is 2. The number of benzene rings is 1. The van der Waals surface area contributed by atoms with Gasteiger partial charge in [0.05, 0.1) is 17.8 Å². The number of rotatable bonds is 4. The minimum absolute atomic E-state index is 0.140. The largest absolute Gasteiger partial charge is 0.478 e. The summed E-state index contributed by atoms with van der Waals surface area (Å²) in [6.45, 7) is 2.11. The Morgan fingerprint density at radius 3 is 2.57 bits per heavy atom. The Kier molecular flexibility index (Phi) is 4.50. The second-order valence-corrected chi connectivity index (χ2v) is 4.51. The second kappa shape index (κ2) is 6.51. The summed E-state index contributed by atoms with van der Waals surface area (Å²) in [4.78, 5) is 26.6. The molecular weight excluding hydrogens is 270 g/mol. The molecule has 2 rings (SSSR count). The van der Waals surface area contributed by atoms with Crippen LogP contribution in [0.2, 0.25) is 0 Å². The van der Waals surface area contributed by atoms with Crippen molar-refractivity contribution in [1.29, 1.82) is 0 Å². The SMILES string of the molecule is Cc1ccc(NC(=O)NCc2cc(C(=O)O)ccn2)cc1. The zero-order valence-electron chi connectivity index (χ0n) is 11.5. The van der Waals surface area contributed by atoms with Gasteiger partial charge in [-0.1, -0.05) is 17.7 Å². The van der Waals surface area contributed by atoms with Crippen LogP contribution in [0.3, 0.4) is 0 Å². The van der Waals surface area contributed by atoms with Crippen molar-refractivity contribution in [2.45, 2.75) is 13.5 Å². The maximum Gasteiger partial charge on any atom is 0.335 e.